The van der Waals surface area contributed by atoms with Crippen LogP contribution in [0.15, 0.2) is 0 Å². The fourth-order valence-corrected chi connectivity index (χ4v) is 8.48. The van der Waals surface area contributed by atoms with Gasteiger partial charge in [-0.05, 0) is 69.6 Å². The molecule has 0 aromatic rings. The van der Waals surface area contributed by atoms with Crippen molar-refractivity contribution in [1.82, 2.24) is 20.7 Å². The molecule has 34 heavy (non-hydrogen) atoms. The molecule has 0 spiro atoms. The molecule has 194 valence electrons. The minimum atomic E-state index is -0.240. The molecule has 0 bridgehead atoms. The lowest BCUT2D eigenvalue weighted by molar-refractivity contribution is -0.144. The van der Waals surface area contributed by atoms with Crippen LogP contribution in [0.5, 0.6) is 0 Å². The van der Waals surface area contributed by atoms with Gasteiger partial charge in [0, 0.05) is 43.2 Å². The van der Waals surface area contributed by atoms with Crippen LogP contribution in [0.3, 0.4) is 0 Å². The molecule has 0 radical (unpaired) electrons. The number of alkyl halides is 1. The third-order valence-electron chi connectivity index (χ3n) is 9.73. The zero-order valence-corrected chi connectivity index (χ0v) is 22.6. The Bertz CT molecular complexity index is 723. The van der Waals surface area contributed by atoms with Crippen LogP contribution in [0.25, 0.3) is 0 Å². The van der Waals surface area contributed by atoms with E-state index in [4.69, 9.17) is 5.73 Å². The fourth-order valence-electron chi connectivity index (χ4n) is 7.86. The van der Waals surface area contributed by atoms with E-state index in [1.54, 1.807) is 0 Å². The number of carbonyl (C=O) groups excluding carboxylic acids is 1. The maximum Gasteiger partial charge on any atom is 0.228 e. The summed E-state index contributed by atoms with van der Waals surface area (Å²) >= 11 is 3.60. The third-order valence-corrected chi connectivity index (χ3v) is 10.4. The number of hydrogen-bond donors (Lipinski definition) is 4. The quantitative estimate of drug-likeness (QED) is 0.306. The number of hydrogen-bond acceptors (Lipinski definition) is 6. The molecule has 1 amide bonds. The number of piperidine rings is 2. The maximum atomic E-state index is 13.8. The molecule has 3 heterocycles. The van der Waals surface area contributed by atoms with Crippen LogP contribution in [0.4, 0.5) is 0 Å². The van der Waals surface area contributed by atoms with Crippen LogP contribution in [0.2, 0.25) is 0 Å². The van der Waals surface area contributed by atoms with Gasteiger partial charge in [0.15, 0.2) is 0 Å². The molecule has 10 unspecified atom stereocenters. The normalized spacial score (nSPS) is 45.9. The molecule has 2 saturated carbocycles. The largest absolute Gasteiger partial charge is 0.391 e. The summed E-state index contributed by atoms with van der Waals surface area (Å²) in [4.78, 5) is 16.1. The molecule has 5 aliphatic rings. The van der Waals surface area contributed by atoms with E-state index in [2.05, 4.69) is 50.4 Å². The van der Waals surface area contributed by atoms with Gasteiger partial charge < -0.3 is 21.1 Å². The molecule has 7 nitrogen and oxygen atoms in total. The zero-order chi connectivity index (χ0) is 24.0. The number of nitrogens with two attached hydrogens (primary N) is 1. The summed E-state index contributed by atoms with van der Waals surface area (Å²) < 4.78 is 0. The third kappa shape index (κ3) is 4.84. The Hall–Kier alpha value is -0.250. The van der Waals surface area contributed by atoms with Gasteiger partial charge in [0.05, 0.1) is 23.0 Å². The first kappa shape index (κ1) is 25.4. The summed E-state index contributed by atoms with van der Waals surface area (Å²) in [6.45, 7) is 5.94. The lowest BCUT2D eigenvalue weighted by Crippen LogP contribution is -2.62. The number of rotatable bonds is 6. The minimum Gasteiger partial charge on any atom is -0.391 e. The predicted octanol–water partition coefficient (Wildman–Crippen LogP) is 2.57. The van der Waals surface area contributed by atoms with Gasteiger partial charge in [-0.15, -0.1) is 0 Å². The summed E-state index contributed by atoms with van der Waals surface area (Å²) in [5, 5.41) is 17.1. The van der Waals surface area contributed by atoms with E-state index in [-0.39, 0.29) is 41.0 Å². The number of nitrogens with zero attached hydrogens (tertiary/aromatic N) is 2. The van der Waals surface area contributed by atoms with Crippen LogP contribution in [0, 0.1) is 23.7 Å². The Labute approximate surface area is 214 Å². The number of amides is 1. The maximum absolute atomic E-state index is 13.8. The molecule has 5 N–H and O–H groups in total. The summed E-state index contributed by atoms with van der Waals surface area (Å²) in [7, 11) is 0. The van der Waals surface area contributed by atoms with E-state index in [0.29, 0.717) is 24.5 Å². The van der Waals surface area contributed by atoms with Crippen molar-refractivity contribution >= 4 is 21.8 Å². The fraction of sp³-hybridized carbons (Fsp3) is 0.962. The van der Waals surface area contributed by atoms with Gasteiger partial charge in [-0.3, -0.25) is 10.2 Å². The average Bonchev–Trinajstić information content (AvgIpc) is 3.61. The number of hydrazine groups is 1. The van der Waals surface area contributed by atoms with Crippen molar-refractivity contribution < 1.29 is 9.90 Å². The van der Waals surface area contributed by atoms with E-state index < -0.39 is 0 Å². The monoisotopic (exact) mass is 539 g/mol. The lowest BCUT2D eigenvalue weighted by atomic mass is 9.76. The molecule has 3 saturated heterocycles. The first-order valence-electron chi connectivity index (χ1n) is 14.1. The van der Waals surface area contributed by atoms with E-state index in [9.17, 15) is 9.90 Å². The molecule has 0 aromatic heterocycles. The first-order valence-corrected chi connectivity index (χ1v) is 15.0. The summed E-state index contributed by atoms with van der Waals surface area (Å²) in [5.41, 5.74) is 10.4. The number of likely N-dealkylation sites (tertiary alicyclic amines) is 1. The Morgan fingerprint density at radius 3 is 2.50 bits per heavy atom. The molecule has 8 heteroatoms. The van der Waals surface area contributed by atoms with Gasteiger partial charge in [-0.1, -0.05) is 36.2 Å². The molecule has 3 aliphatic heterocycles. The zero-order valence-electron chi connectivity index (χ0n) is 21.0. The standard InChI is InChI=1S/C26H46BrN5O2/c1-3-5-19-25-20(4-2)31(26(34)17-14-29-24(27)13-18(17)28)11-10-22(25)32(30-19)21-9-8-16(12-23(21)33)15-6-7-15/h15-25,29-30,33H,3-14,28H2,1-2H3. The minimum absolute atomic E-state index is 0.102. The topological polar surface area (TPSA) is 93.9 Å². The van der Waals surface area contributed by atoms with Crippen molar-refractivity contribution in [3.05, 3.63) is 0 Å². The summed E-state index contributed by atoms with van der Waals surface area (Å²) in [6.07, 6.45) is 10.8. The first-order chi connectivity index (χ1) is 16.4. The van der Waals surface area contributed by atoms with E-state index in [1.807, 2.05) is 0 Å². The highest BCUT2D eigenvalue weighted by molar-refractivity contribution is 9.09. The number of carbonyl (C=O) groups is 1. The Morgan fingerprint density at radius 2 is 1.85 bits per heavy atom. The average molecular weight is 541 g/mol. The Kier molecular flexibility index (Phi) is 7.94. The van der Waals surface area contributed by atoms with Crippen molar-refractivity contribution in [2.45, 2.75) is 119 Å². The summed E-state index contributed by atoms with van der Waals surface area (Å²) in [6, 6.07) is 1.10. The van der Waals surface area contributed by atoms with Crippen molar-refractivity contribution in [1.29, 1.82) is 0 Å². The molecular weight excluding hydrogens is 494 g/mol. The van der Waals surface area contributed by atoms with Gasteiger partial charge in [0.2, 0.25) is 5.91 Å². The van der Waals surface area contributed by atoms with Crippen LogP contribution < -0.4 is 16.5 Å². The number of fused-ring (bicyclic) bond motifs is 1. The van der Waals surface area contributed by atoms with E-state index in [0.717, 1.165) is 63.3 Å². The van der Waals surface area contributed by atoms with E-state index in [1.165, 1.54) is 19.3 Å². The highest BCUT2D eigenvalue weighted by atomic mass is 79.9. The second-order valence-corrected chi connectivity index (χ2v) is 12.9. The van der Waals surface area contributed by atoms with Gasteiger partial charge in [-0.2, -0.15) is 0 Å². The highest BCUT2D eigenvalue weighted by Crippen LogP contribution is 2.46. The van der Waals surface area contributed by atoms with Crippen LogP contribution in [-0.2, 0) is 4.79 Å². The van der Waals surface area contributed by atoms with Crippen LogP contribution in [0.1, 0.15) is 78.1 Å². The van der Waals surface area contributed by atoms with Gasteiger partial charge in [0.1, 0.15) is 0 Å². The van der Waals surface area contributed by atoms with Crippen LogP contribution >= 0.6 is 15.9 Å². The Morgan fingerprint density at radius 1 is 1.09 bits per heavy atom. The summed E-state index contributed by atoms with van der Waals surface area (Å²) in [5.74, 6) is 2.11. The second-order valence-electron chi connectivity index (χ2n) is 11.8. The van der Waals surface area contributed by atoms with Crippen molar-refractivity contribution in [2.24, 2.45) is 29.4 Å². The highest BCUT2D eigenvalue weighted by Gasteiger charge is 2.54. The molecule has 5 fully saturated rings. The SMILES string of the molecule is CCCC1NN(C2CCC(C3CC3)CC2O)C2CCN(C(=O)C3CNC(Br)CC3N)C(CC)C12. The smallest absolute Gasteiger partial charge is 0.228 e. The number of aliphatic hydroxyl groups excluding tert-OH is 1. The predicted molar refractivity (Wildman–Crippen MR) is 138 cm³/mol. The second kappa shape index (κ2) is 10.6. The van der Waals surface area contributed by atoms with E-state index >= 15 is 0 Å². The number of halogens is 1. The van der Waals surface area contributed by atoms with Crippen molar-refractivity contribution in [3.8, 4) is 0 Å². The van der Waals surface area contributed by atoms with Gasteiger partial charge in [-0.25, -0.2) is 5.01 Å². The number of nitrogens with one attached hydrogen (secondary N) is 2. The molecule has 10 atom stereocenters. The van der Waals surface area contributed by atoms with Gasteiger partial charge in [0.25, 0.3) is 0 Å². The lowest BCUT2D eigenvalue weighted by Gasteiger charge is -2.48. The van der Waals surface area contributed by atoms with Gasteiger partial charge >= 0.3 is 0 Å². The van der Waals surface area contributed by atoms with Crippen LogP contribution in [-0.4, -0.2) is 75.3 Å². The van der Waals surface area contributed by atoms with Crippen molar-refractivity contribution in [3.63, 3.8) is 0 Å². The molecule has 5 rings (SSSR count). The molecular formula is C26H46BrN5O2. The van der Waals surface area contributed by atoms with Crippen molar-refractivity contribution in [2.75, 3.05) is 13.1 Å². The molecule has 0 aromatic carbocycles. The number of aliphatic hydroxyl groups is 1. The Balaban J connectivity index is 1.32. The molecule has 2 aliphatic carbocycles.